The number of aliphatic hydroxyl groups excluding tert-OH is 1. The van der Waals surface area contributed by atoms with E-state index in [0.29, 0.717) is 25.7 Å². The van der Waals surface area contributed by atoms with Crippen LogP contribution in [0.4, 0.5) is 0 Å². The van der Waals surface area contributed by atoms with Gasteiger partial charge in [-0.2, -0.15) is 0 Å². The zero-order valence-electron chi connectivity index (χ0n) is 59.5. The van der Waals surface area contributed by atoms with Gasteiger partial charge in [-0.3, -0.25) is 37.3 Å². The van der Waals surface area contributed by atoms with Gasteiger partial charge in [-0.25, -0.2) is 9.13 Å². The molecule has 0 amide bonds. The van der Waals surface area contributed by atoms with E-state index in [1.165, 1.54) is 154 Å². The lowest BCUT2D eigenvalue weighted by Gasteiger charge is -2.21. The average molecular weight is 1340 g/mol. The lowest BCUT2D eigenvalue weighted by Crippen LogP contribution is -2.30. The fourth-order valence-corrected chi connectivity index (χ4v) is 12.4. The van der Waals surface area contributed by atoms with Gasteiger partial charge >= 0.3 is 39.5 Å². The summed E-state index contributed by atoms with van der Waals surface area (Å²) in [5.74, 6) is 0.919. The molecule has 19 heteroatoms. The van der Waals surface area contributed by atoms with Crippen molar-refractivity contribution in [3.05, 3.63) is 0 Å². The maximum absolute atomic E-state index is 13.0. The fourth-order valence-electron chi connectivity index (χ4n) is 10.8. The van der Waals surface area contributed by atoms with Crippen LogP contribution >= 0.6 is 15.6 Å². The first kappa shape index (κ1) is 89.1. The Kier molecular flexibility index (Phi) is 60.3. The molecule has 0 aliphatic carbocycles. The molecule has 0 spiro atoms. The lowest BCUT2D eigenvalue weighted by atomic mass is 9.99. The highest BCUT2D eigenvalue weighted by molar-refractivity contribution is 7.47. The third-order valence-electron chi connectivity index (χ3n) is 17.3. The van der Waals surface area contributed by atoms with Gasteiger partial charge in [0.05, 0.1) is 26.4 Å². The van der Waals surface area contributed by atoms with Crippen LogP contribution in [0.15, 0.2) is 0 Å². The van der Waals surface area contributed by atoms with Gasteiger partial charge in [0, 0.05) is 25.7 Å². The van der Waals surface area contributed by atoms with E-state index in [4.69, 9.17) is 37.0 Å². The molecule has 7 atom stereocenters. The Hall–Kier alpha value is -1.94. The van der Waals surface area contributed by atoms with Gasteiger partial charge in [0.1, 0.15) is 19.3 Å². The van der Waals surface area contributed by atoms with Gasteiger partial charge < -0.3 is 33.8 Å². The third-order valence-corrected chi connectivity index (χ3v) is 19.2. The van der Waals surface area contributed by atoms with Crippen LogP contribution in [0.25, 0.3) is 0 Å². The summed E-state index contributed by atoms with van der Waals surface area (Å²) in [5.41, 5.74) is 0. The molecule has 540 valence electrons. The number of phosphoric ester groups is 2. The highest BCUT2D eigenvalue weighted by Crippen LogP contribution is 2.45. The molecule has 0 aromatic carbocycles. The first-order valence-electron chi connectivity index (χ1n) is 37.3. The van der Waals surface area contributed by atoms with Gasteiger partial charge in [0.15, 0.2) is 12.2 Å². The lowest BCUT2D eigenvalue weighted by molar-refractivity contribution is -0.161. The minimum Gasteiger partial charge on any atom is -0.462 e. The quantitative estimate of drug-likeness (QED) is 0.0222. The van der Waals surface area contributed by atoms with Crippen molar-refractivity contribution in [3.63, 3.8) is 0 Å². The normalized spacial score (nSPS) is 14.8. The molecule has 0 aliphatic heterocycles. The summed E-state index contributed by atoms with van der Waals surface area (Å²) >= 11 is 0. The molecule has 0 saturated heterocycles. The van der Waals surface area contributed by atoms with Crippen molar-refractivity contribution in [1.29, 1.82) is 0 Å². The number of ether oxygens (including phenoxy) is 4. The molecule has 3 N–H and O–H groups in total. The first-order valence-corrected chi connectivity index (χ1v) is 40.3. The molecule has 91 heavy (non-hydrogen) atoms. The smallest absolute Gasteiger partial charge is 0.462 e. The van der Waals surface area contributed by atoms with Gasteiger partial charge in [0.2, 0.25) is 0 Å². The summed E-state index contributed by atoms with van der Waals surface area (Å²) in [5, 5.41) is 10.6. The van der Waals surface area contributed by atoms with Crippen LogP contribution in [0.1, 0.15) is 357 Å². The van der Waals surface area contributed by atoms with Crippen LogP contribution in [-0.4, -0.2) is 96.7 Å². The summed E-state index contributed by atoms with van der Waals surface area (Å²) in [6.45, 7) is 14.1. The van der Waals surface area contributed by atoms with Crippen molar-refractivity contribution in [2.45, 2.75) is 375 Å². The van der Waals surface area contributed by atoms with Crippen molar-refractivity contribution in [1.82, 2.24) is 0 Å². The number of unbranched alkanes of at least 4 members (excludes halogenated alkanes) is 33. The Morgan fingerprint density at radius 1 is 0.308 bits per heavy atom. The highest BCUT2D eigenvalue weighted by Gasteiger charge is 2.30. The highest BCUT2D eigenvalue weighted by atomic mass is 31.2. The molecule has 0 radical (unpaired) electrons. The van der Waals surface area contributed by atoms with E-state index < -0.39 is 97.5 Å². The number of phosphoric acid groups is 2. The topological polar surface area (TPSA) is 237 Å². The summed E-state index contributed by atoms with van der Waals surface area (Å²) < 4.78 is 68.4. The SMILES string of the molecule is CCC(C)CCCCCCCCCCCCC(=O)O[C@H](COC(=O)CCCCCCCCC(C)CC)COP(=O)(O)OC[C@H](O)COP(=O)(O)OC[C@@H](COC(=O)CCCCCCCCCCC(C)C)OC(=O)CCCCCCCCCCCCCCCC(C)C. The third kappa shape index (κ3) is 63.9. The monoisotopic (exact) mass is 1340 g/mol. The second kappa shape index (κ2) is 61.6. The van der Waals surface area contributed by atoms with E-state index in [9.17, 15) is 43.2 Å². The standard InChI is InChI=1S/C72H140O17P2/c1-9-64(7)50-42-34-26-19-16-17-21-29-39-47-55-72(77)89-68(59-83-70(75)53-45-37-31-30-35-43-51-65(8)10-2)61-87-91(80,81)85-57-66(73)56-84-90(78,79)86-60-67(58-82-69(74)52-44-36-27-23-22-25-33-41-49-63(5)6)88-71(76)54-46-38-28-20-15-13-11-12-14-18-24-32-40-48-62(3)4/h62-68,73H,9-61H2,1-8H3,(H,78,79)(H,80,81)/t64?,65?,66-,67-,68-/m1/s1. The Bertz CT molecular complexity index is 1800. The predicted octanol–water partition coefficient (Wildman–Crippen LogP) is 20.5. The number of rotatable bonds is 69. The second-order valence-electron chi connectivity index (χ2n) is 27.4. The van der Waals surface area contributed by atoms with Gasteiger partial charge in [0.25, 0.3) is 0 Å². The van der Waals surface area contributed by atoms with Crippen LogP contribution in [0, 0.1) is 23.7 Å². The van der Waals surface area contributed by atoms with Crippen molar-refractivity contribution >= 4 is 39.5 Å². The van der Waals surface area contributed by atoms with E-state index >= 15 is 0 Å². The molecule has 0 bridgehead atoms. The molecule has 0 aliphatic rings. The Labute approximate surface area is 556 Å². The number of aliphatic hydroxyl groups is 1. The molecule has 0 heterocycles. The average Bonchev–Trinajstić information content (AvgIpc) is 3.72. The van der Waals surface area contributed by atoms with E-state index in [1.54, 1.807) is 0 Å². The number of carbonyl (C=O) groups excluding carboxylic acids is 4. The van der Waals surface area contributed by atoms with Gasteiger partial charge in [-0.1, -0.05) is 306 Å². The first-order chi connectivity index (χ1) is 43.7. The number of hydrogen-bond acceptors (Lipinski definition) is 15. The van der Waals surface area contributed by atoms with Crippen LogP contribution in [0.5, 0.6) is 0 Å². The molecule has 17 nitrogen and oxygen atoms in total. The maximum Gasteiger partial charge on any atom is 0.472 e. The summed E-state index contributed by atoms with van der Waals surface area (Å²) in [7, 11) is -9.91. The minimum atomic E-state index is -4.95. The van der Waals surface area contributed by atoms with Crippen molar-refractivity contribution in [2.75, 3.05) is 39.6 Å². The van der Waals surface area contributed by atoms with Crippen LogP contribution < -0.4 is 0 Å². The Balaban J connectivity index is 5.26. The molecule has 0 saturated carbocycles. The van der Waals surface area contributed by atoms with Crippen LogP contribution in [0.3, 0.4) is 0 Å². The number of carbonyl (C=O) groups is 4. The summed E-state index contributed by atoms with van der Waals surface area (Å²) in [4.78, 5) is 72.6. The molecule has 4 unspecified atom stereocenters. The summed E-state index contributed by atoms with van der Waals surface area (Å²) in [6, 6.07) is 0. The van der Waals surface area contributed by atoms with Crippen LogP contribution in [0.2, 0.25) is 0 Å². The number of hydrogen-bond donors (Lipinski definition) is 3. The van der Waals surface area contributed by atoms with Crippen molar-refractivity contribution < 1.29 is 80.2 Å². The largest absolute Gasteiger partial charge is 0.472 e. The summed E-state index contributed by atoms with van der Waals surface area (Å²) in [6.07, 6.45) is 44.4. The second-order valence-corrected chi connectivity index (χ2v) is 30.3. The van der Waals surface area contributed by atoms with Gasteiger partial charge in [-0.05, 0) is 49.4 Å². The molecular formula is C72H140O17P2. The molecule has 0 aromatic rings. The van der Waals surface area contributed by atoms with E-state index in [0.717, 1.165) is 120 Å². The van der Waals surface area contributed by atoms with Crippen LogP contribution in [-0.2, 0) is 65.4 Å². The molecule has 0 fully saturated rings. The fraction of sp³-hybridized carbons (Fsp3) is 0.944. The molecule has 0 aromatic heterocycles. The van der Waals surface area contributed by atoms with E-state index in [1.807, 2.05) is 0 Å². The van der Waals surface area contributed by atoms with E-state index in [2.05, 4.69) is 55.4 Å². The zero-order valence-corrected chi connectivity index (χ0v) is 61.3. The number of esters is 4. The van der Waals surface area contributed by atoms with Crippen molar-refractivity contribution in [3.8, 4) is 0 Å². The Morgan fingerprint density at radius 2 is 0.527 bits per heavy atom. The Morgan fingerprint density at radius 3 is 0.780 bits per heavy atom. The zero-order chi connectivity index (χ0) is 67.5. The predicted molar refractivity (Wildman–Crippen MR) is 367 cm³/mol. The van der Waals surface area contributed by atoms with Crippen molar-refractivity contribution in [2.24, 2.45) is 23.7 Å². The van der Waals surface area contributed by atoms with Gasteiger partial charge in [-0.15, -0.1) is 0 Å². The minimum absolute atomic E-state index is 0.105. The maximum atomic E-state index is 13.0. The molecular weight excluding hydrogens is 1200 g/mol. The molecule has 0 rings (SSSR count). The van der Waals surface area contributed by atoms with E-state index in [-0.39, 0.29) is 25.7 Å².